The van der Waals surface area contributed by atoms with Gasteiger partial charge in [0.1, 0.15) is 5.82 Å². The maximum absolute atomic E-state index is 14.3. The molecular weight excluding hydrogens is 285 g/mol. The standard InChI is InChI=1S/C16H22FN3O2/c1-3-22-16(21)19-18-12(2)13-7-8-15(14(17)11-13)20-9-5-4-6-10-20/h7-8,11H,3-6,9-10H2,1-2H3,(H,19,21)/b18-12+. The van der Waals surface area contributed by atoms with Crippen LogP contribution in [0.25, 0.3) is 0 Å². The predicted molar refractivity (Wildman–Crippen MR) is 84.8 cm³/mol. The number of hydrogen-bond donors (Lipinski definition) is 1. The Morgan fingerprint density at radius 2 is 2.09 bits per heavy atom. The molecule has 120 valence electrons. The first-order chi connectivity index (χ1) is 10.6. The van der Waals surface area contributed by atoms with Crippen molar-refractivity contribution in [3.8, 4) is 0 Å². The fourth-order valence-corrected chi connectivity index (χ4v) is 2.48. The van der Waals surface area contributed by atoms with Crippen LogP contribution < -0.4 is 10.3 Å². The van der Waals surface area contributed by atoms with Gasteiger partial charge in [-0.25, -0.2) is 14.6 Å². The van der Waals surface area contributed by atoms with Gasteiger partial charge >= 0.3 is 6.09 Å². The van der Waals surface area contributed by atoms with Crippen molar-refractivity contribution in [2.75, 3.05) is 24.6 Å². The van der Waals surface area contributed by atoms with E-state index in [0.717, 1.165) is 25.9 Å². The quantitative estimate of drug-likeness (QED) is 0.686. The molecule has 22 heavy (non-hydrogen) atoms. The van der Waals surface area contributed by atoms with E-state index < -0.39 is 6.09 Å². The van der Waals surface area contributed by atoms with Crippen LogP contribution in [0.5, 0.6) is 0 Å². The summed E-state index contributed by atoms with van der Waals surface area (Å²) in [4.78, 5) is 13.3. The zero-order chi connectivity index (χ0) is 15.9. The number of ether oxygens (including phenoxy) is 1. The molecular formula is C16H22FN3O2. The summed E-state index contributed by atoms with van der Waals surface area (Å²) < 4.78 is 19.0. The van der Waals surface area contributed by atoms with Crippen molar-refractivity contribution >= 4 is 17.5 Å². The van der Waals surface area contributed by atoms with Gasteiger partial charge in [-0.3, -0.25) is 0 Å². The largest absolute Gasteiger partial charge is 0.449 e. The monoisotopic (exact) mass is 307 g/mol. The molecule has 1 aliphatic rings. The van der Waals surface area contributed by atoms with Crippen LogP contribution in [-0.4, -0.2) is 31.5 Å². The van der Waals surface area contributed by atoms with Gasteiger partial charge in [-0.15, -0.1) is 0 Å². The molecule has 1 saturated heterocycles. The van der Waals surface area contributed by atoms with Gasteiger partial charge in [-0.2, -0.15) is 5.10 Å². The number of hydrazone groups is 1. The molecule has 5 nitrogen and oxygen atoms in total. The number of rotatable bonds is 4. The number of benzene rings is 1. The Hall–Kier alpha value is -2.11. The van der Waals surface area contributed by atoms with Gasteiger partial charge in [0.15, 0.2) is 0 Å². The summed E-state index contributed by atoms with van der Waals surface area (Å²) in [5.74, 6) is -0.259. The van der Waals surface area contributed by atoms with Crippen LogP contribution in [0.1, 0.15) is 38.7 Å². The molecule has 0 atom stereocenters. The highest BCUT2D eigenvalue weighted by Gasteiger charge is 2.15. The third kappa shape index (κ3) is 4.19. The van der Waals surface area contributed by atoms with E-state index in [2.05, 4.69) is 15.4 Å². The molecule has 1 aliphatic heterocycles. The molecule has 0 unspecified atom stereocenters. The van der Waals surface area contributed by atoms with Crippen molar-refractivity contribution in [3.63, 3.8) is 0 Å². The van der Waals surface area contributed by atoms with Gasteiger partial charge in [-0.1, -0.05) is 6.07 Å². The summed E-state index contributed by atoms with van der Waals surface area (Å²) in [6.07, 6.45) is 2.80. The lowest BCUT2D eigenvalue weighted by atomic mass is 10.1. The van der Waals surface area contributed by atoms with Crippen LogP contribution >= 0.6 is 0 Å². The SMILES string of the molecule is CCOC(=O)N/N=C(\C)c1ccc(N2CCCCC2)c(F)c1. The van der Waals surface area contributed by atoms with E-state index in [-0.39, 0.29) is 12.4 Å². The maximum atomic E-state index is 14.3. The highest BCUT2D eigenvalue weighted by molar-refractivity contribution is 5.99. The van der Waals surface area contributed by atoms with Gasteiger partial charge in [0, 0.05) is 18.7 Å². The molecule has 0 bridgehead atoms. The fourth-order valence-electron chi connectivity index (χ4n) is 2.48. The molecule has 1 N–H and O–H groups in total. The number of halogens is 1. The van der Waals surface area contributed by atoms with Crippen LogP contribution in [-0.2, 0) is 4.74 Å². The number of anilines is 1. The topological polar surface area (TPSA) is 53.9 Å². The van der Waals surface area contributed by atoms with Crippen molar-refractivity contribution in [1.29, 1.82) is 0 Å². The van der Waals surface area contributed by atoms with Gasteiger partial charge in [0.05, 0.1) is 18.0 Å². The molecule has 0 aromatic heterocycles. The third-order valence-corrected chi connectivity index (χ3v) is 3.65. The summed E-state index contributed by atoms with van der Waals surface area (Å²) in [7, 11) is 0. The predicted octanol–water partition coefficient (Wildman–Crippen LogP) is 3.29. The number of hydrogen-bond acceptors (Lipinski definition) is 4. The van der Waals surface area contributed by atoms with Crippen molar-refractivity contribution in [2.45, 2.75) is 33.1 Å². The molecule has 1 aromatic carbocycles. The van der Waals surface area contributed by atoms with E-state index in [4.69, 9.17) is 4.74 Å². The summed E-state index contributed by atoms with van der Waals surface area (Å²) in [5, 5.41) is 3.91. The molecule has 6 heteroatoms. The Morgan fingerprint density at radius 1 is 1.36 bits per heavy atom. The fraction of sp³-hybridized carbons (Fsp3) is 0.500. The highest BCUT2D eigenvalue weighted by atomic mass is 19.1. The van der Waals surface area contributed by atoms with Crippen molar-refractivity contribution in [2.24, 2.45) is 5.10 Å². The molecule has 1 amide bonds. The second kappa shape index (κ2) is 7.77. The van der Waals surface area contributed by atoms with Crippen LogP contribution in [0.4, 0.5) is 14.9 Å². The Morgan fingerprint density at radius 3 is 2.73 bits per heavy atom. The smallest absolute Gasteiger partial charge is 0.427 e. The zero-order valence-corrected chi connectivity index (χ0v) is 13.1. The highest BCUT2D eigenvalue weighted by Crippen LogP contribution is 2.24. The first kappa shape index (κ1) is 16.3. The van der Waals surface area contributed by atoms with Gasteiger partial charge in [0.25, 0.3) is 0 Å². The number of piperidine rings is 1. The molecule has 2 rings (SSSR count). The van der Waals surface area contributed by atoms with Crippen molar-refractivity contribution in [1.82, 2.24) is 5.43 Å². The summed E-state index contributed by atoms with van der Waals surface area (Å²) in [6, 6.07) is 5.05. The maximum Gasteiger partial charge on any atom is 0.427 e. The Bertz CT molecular complexity index is 554. The number of carbonyl (C=O) groups is 1. The molecule has 1 aromatic rings. The minimum atomic E-state index is -0.618. The minimum absolute atomic E-state index is 0.259. The zero-order valence-electron chi connectivity index (χ0n) is 13.1. The third-order valence-electron chi connectivity index (χ3n) is 3.65. The average Bonchev–Trinajstić information content (AvgIpc) is 2.53. The number of amides is 1. The van der Waals surface area contributed by atoms with Gasteiger partial charge < -0.3 is 9.64 Å². The molecule has 0 radical (unpaired) electrons. The number of nitrogens with zero attached hydrogens (tertiary/aromatic N) is 2. The molecule has 1 heterocycles. The Kier molecular flexibility index (Phi) is 5.75. The molecule has 0 spiro atoms. The second-order valence-electron chi connectivity index (χ2n) is 5.24. The van der Waals surface area contributed by atoms with Crippen LogP contribution in [0.15, 0.2) is 23.3 Å². The van der Waals surface area contributed by atoms with Gasteiger partial charge in [0.2, 0.25) is 0 Å². The summed E-state index contributed by atoms with van der Waals surface area (Å²) in [5.41, 5.74) is 4.07. The summed E-state index contributed by atoms with van der Waals surface area (Å²) in [6.45, 7) is 5.49. The molecule has 0 aliphatic carbocycles. The van der Waals surface area contributed by atoms with E-state index in [1.54, 1.807) is 19.9 Å². The van der Waals surface area contributed by atoms with Crippen LogP contribution in [0.2, 0.25) is 0 Å². The first-order valence-corrected chi connectivity index (χ1v) is 7.63. The van der Waals surface area contributed by atoms with E-state index in [1.165, 1.54) is 12.5 Å². The second-order valence-corrected chi connectivity index (χ2v) is 5.24. The summed E-state index contributed by atoms with van der Waals surface area (Å²) >= 11 is 0. The van der Waals surface area contributed by atoms with E-state index in [9.17, 15) is 9.18 Å². The minimum Gasteiger partial charge on any atom is -0.449 e. The number of nitrogens with one attached hydrogen (secondary N) is 1. The van der Waals surface area contributed by atoms with E-state index in [1.807, 2.05) is 6.07 Å². The van der Waals surface area contributed by atoms with Crippen LogP contribution in [0.3, 0.4) is 0 Å². The Balaban J connectivity index is 2.07. The lowest BCUT2D eigenvalue weighted by Crippen LogP contribution is -2.30. The normalized spacial score (nSPS) is 15.6. The van der Waals surface area contributed by atoms with Gasteiger partial charge in [-0.05, 0) is 45.2 Å². The number of carbonyl (C=O) groups excluding carboxylic acids is 1. The average molecular weight is 307 g/mol. The lowest BCUT2D eigenvalue weighted by Gasteiger charge is -2.29. The van der Waals surface area contributed by atoms with Crippen molar-refractivity contribution in [3.05, 3.63) is 29.6 Å². The van der Waals surface area contributed by atoms with E-state index >= 15 is 0 Å². The van der Waals surface area contributed by atoms with E-state index in [0.29, 0.717) is 17.0 Å². The lowest BCUT2D eigenvalue weighted by molar-refractivity contribution is 0.152. The molecule has 0 saturated carbocycles. The Labute approximate surface area is 130 Å². The van der Waals surface area contributed by atoms with Crippen molar-refractivity contribution < 1.29 is 13.9 Å². The first-order valence-electron chi connectivity index (χ1n) is 7.63. The molecule has 1 fully saturated rings. The van der Waals surface area contributed by atoms with Crippen LogP contribution in [0, 0.1) is 5.82 Å².